The molecule has 1 aliphatic rings. The van der Waals surface area contributed by atoms with Crippen LogP contribution in [-0.2, 0) is 9.59 Å². The monoisotopic (exact) mass is 223 g/mol. The molecule has 0 atom stereocenters. The summed E-state index contributed by atoms with van der Waals surface area (Å²) in [7, 11) is 0. The summed E-state index contributed by atoms with van der Waals surface area (Å²) in [6.07, 6.45) is 7.55. The molecule has 0 aromatic carbocycles. The molecular formula is C12H17NO3. The lowest BCUT2D eigenvalue weighted by molar-refractivity contribution is -0.154. The van der Waals surface area contributed by atoms with E-state index in [0.29, 0.717) is 32.4 Å². The number of rotatable bonds is 3. The Morgan fingerprint density at radius 3 is 2.38 bits per heavy atom. The molecule has 1 rings (SSSR count). The molecule has 1 aliphatic heterocycles. The minimum atomic E-state index is -0.748. The smallest absolute Gasteiger partial charge is 0.309 e. The molecule has 0 bridgehead atoms. The third-order valence-corrected chi connectivity index (χ3v) is 3.31. The van der Waals surface area contributed by atoms with Crippen molar-refractivity contribution in [2.24, 2.45) is 5.41 Å². The van der Waals surface area contributed by atoms with Crippen LogP contribution in [0.4, 0.5) is 0 Å². The van der Waals surface area contributed by atoms with Gasteiger partial charge in [0.1, 0.15) is 0 Å². The summed E-state index contributed by atoms with van der Waals surface area (Å²) in [4.78, 5) is 24.1. The number of carbonyl (C=O) groups excluding carboxylic acids is 1. The van der Waals surface area contributed by atoms with Gasteiger partial charge in [0, 0.05) is 13.1 Å². The van der Waals surface area contributed by atoms with Crippen molar-refractivity contribution in [2.45, 2.75) is 32.6 Å². The lowest BCUT2D eigenvalue weighted by Gasteiger charge is -2.38. The molecular weight excluding hydrogens is 206 g/mol. The van der Waals surface area contributed by atoms with Gasteiger partial charge in [0.2, 0.25) is 0 Å². The van der Waals surface area contributed by atoms with Crippen LogP contribution in [0.5, 0.6) is 0 Å². The normalized spacial score (nSPS) is 18.9. The highest BCUT2D eigenvalue weighted by molar-refractivity contribution is 5.93. The number of likely N-dealkylation sites (tertiary alicyclic amines) is 1. The standard InChI is InChI=1S/C12H17NO3/c1-3-5-12(11(15)16)6-8-13(9-7-12)10(14)4-2/h2H,3,5-9H2,1H3,(H,15,16). The highest BCUT2D eigenvalue weighted by Gasteiger charge is 2.41. The number of terminal acetylenes is 1. The summed E-state index contributed by atoms with van der Waals surface area (Å²) < 4.78 is 0. The lowest BCUT2D eigenvalue weighted by Crippen LogP contribution is -2.46. The molecule has 1 saturated heterocycles. The number of amides is 1. The number of hydrogen-bond acceptors (Lipinski definition) is 2. The molecule has 0 spiro atoms. The maximum absolute atomic E-state index is 11.3. The summed E-state index contributed by atoms with van der Waals surface area (Å²) >= 11 is 0. The fourth-order valence-electron chi connectivity index (χ4n) is 2.28. The Hall–Kier alpha value is -1.50. The van der Waals surface area contributed by atoms with Crippen molar-refractivity contribution in [3.05, 3.63) is 0 Å². The third kappa shape index (κ3) is 2.35. The number of carbonyl (C=O) groups is 2. The Morgan fingerprint density at radius 1 is 1.44 bits per heavy atom. The number of hydrogen-bond donors (Lipinski definition) is 1. The largest absolute Gasteiger partial charge is 0.481 e. The third-order valence-electron chi connectivity index (χ3n) is 3.31. The van der Waals surface area contributed by atoms with Crippen LogP contribution < -0.4 is 0 Å². The zero-order valence-corrected chi connectivity index (χ0v) is 9.53. The minimum absolute atomic E-state index is 0.338. The van der Waals surface area contributed by atoms with Crippen LogP contribution in [0.3, 0.4) is 0 Å². The highest BCUT2D eigenvalue weighted by Crippen LogP contribution is 2.36. The van der Waals surface area contributed by atoms with E-state index >= 15 is 0 Å². The van der Waals surface area contributed by atoms with E-state index in [1.165, 1.54) is 0 Å². The predicted octanol–water partition coefficient (Wildman–Crippen LogP) is 1.11. The molecule has 1 fully saturated rings. The fraction of sp³-hybridized carbons (Fsp3) is 0.667. The van der Waals surface area contributed by atoms with E-state index in [2.05, 4.69) is 5.92 Å². The van der Waals surface area contributed by atoms with E-state index in [1.54, 1.807) is 4.90 Å². The average molecular weight is 223 g/mol. The Labute approximate surface area is 95.6 Å². The number of aliphatic carboxylic acids is 1. The minimum Gasteiger partial charge on any atom is -0.481 e. The Balaban J connectivity index is 2.67. The van der Waals surface area contributed by atoms with Crippen molar-refractivity contribution in [2.75, 3.05) is 13.1 Å². The molecule has 0 radical (unpaired) electrons. The van der Waals surface area contributed by atoms with Gasteiger partial charge in [0.15, 0.2) is 0 Å². The number of carboxylic acid groups (broad SMARTS) is 1. The van der Waals surface area contributed by atoms with E-state index in [1.807, 2.05) is 6.92 Å². The van der Waals surface area contributed by atoms with Crippen LogP contribution in [0.15, 0.2) is 0 Å². The number of nitrogens with zero attached hydrogens (tertiary/aromatic N) is 1. The van der Waals surface area contributed by atoms with Gasteiger partial charge in [-0.15, -0.1) is 6.42 Å². The van der Waals surface area contributed by atoms with Gasteiger partial charge in [0.25, 0.3) is 5.91 Å². The van der Waals surface area contributed by atoms with Gasteiger partial charge in [-0.3, -0.25) is 9.59 Å². The van der Waals surface area contributed by atoms with E-state index in [-0.39, 0.29) is 5.91 Å². The molecule has 0 aliphatic carbocycles. The van der Waals surface area contributed by atoms with Crippen molar-refractivity contribution in [1.82, 2.24) is 4.90 Å². The Kier molecular flexibility index (Phi) is 3.94. The van der Waals surface area contributed by atoms with Gasteiger partial charge in [-0.25, -0.2) is 0 Å². The van der Waals surface area contributed by atoms with Gasteiger partial charge < -0.3 is 10.0 Å². The topological polar surface area (TPSA) is 57.6 Å². The molecule has 0 saturated carbocycles. The van der Waals surface area contributed by atoms with Crippen molar-refractivity contribution < 1.29 is 14.7 Å². The van der Waals surface area contributed by atoms with Crippen molar-refractivity contribution in [3.63, 3.8) is 0 Å². The Bertz CT molecular complexity index is 322. The van der Waals surface area contributed by atoms with Crippen LogP contribution in [0.25, 0.3) is 0 Å². The molecule has 4 heteroatoms. The second-order valence-electron chi connectivity index (χ2n) is 4.27. The van der Waals surface area contributed by atoms with Crippen molar-refractivity contribution in [1.29, 1.82) is 0 Å². The zero-order valence-electron chi connectivity index (χ0n) is 9.53. The number of carboxylic acids is 1. The first-order valence-corrected chi connectivity index (χ1v) is 5.54. The predicted molar refractivity (Wildman–Crippen MR) is 59.6 cm³/mol. The molecule has 0 aromatic heterocycles. The van der Waals surface area contributed by atoms with Crippen LogP contribution >= 0.6 is 0 Å². The maximum atomic E-state index is 11.3. The van der Waals surface area contributed by atoms with Gasteiger partial charge in [-0.1, -0.05) is 13.3 Å². The molecule has 0 unspecified atom stereocenters. The molecule has 1 heterocycles. The second-order valence-corrected chi connectivity index (χ2v) is 4.27. The molecule has 1 amide bonds. The maximum Gasteiger partial charge on any atom is 0.309 e. The molecule has 88 valence electrons. The van der Waals surface area contributed by atoms with Gasteiger partial charge in [-0.05, 0) is 25.2 Å². The van der Waals surface area contributed by atoms with Crippen LogP contribution in [0.1, 0.15) is 32.6 Å². The summed E-state index contributed by atoms with van der Waals surface area (Å²) in [5, 5.41) is 9.26. The van der Waals surface area contributed by atoms with E-state index < -0.39 is 11.4 Å². The summed E-state index contributed by atoms with van der Waals surface area (Å²) in [5.74, 6) is 0.977. The van der Waals surface area contributed by atoms with E-state index in [0.717, 1.165) is 6.42 Å². The first-order chi connectivity index (χ1) is 7.55. The van der Waals surface area contributed by atoms with Crippen molar-refractivity contribution >= 4 is 11.9 Å². The molecule has 4 nitrogen and oxygen atoms in total. The lowest BCUT2D eigenvalue weighted by atomic mass is 9.75. The summed E-state index contributed by atoms with van der Waals surface area (Å²) in [6, 6.07) is 0. The van der Waals surface area contributed by atoms with Gasteiger partial charge >= 0.3 is 5.97 Å². The quantitative estimate of drug-likeness (QED) is 0.729. The summed E-state index contributed by atoms with van der Waals surface area (Å²) in [5.41, 5.74) is -0.653. The van der Waals surface area contributed by atoms with Crippen molar-refractivity contribution in [3.8, 4) is 12.3 Å². The zero-order chi connectivity index (χ0) is 12.2. The SMILES string of the molecule is C#CC(=O)N1CCC(CCC)(C(=O)O)CC1. The highest BCUT2D eigenvalue weighted by atomic mass is 16.4. The van der Waals surface area contributed by atoms with E-state index in [9.17, 15) is 14.7 Å². The van der Waals surface area contributed by atoms with Gasteiger partial charge in [-0.2, -0.15) is 0 Å². The van der Waals surface area contributed by atoms with Crippen LogP contribution in [0, 0.1) is 17.8 Å². The number of piperidine rings is 1. The van der Waals surface area contributed by atoms with Gasteiger partial charge in [0.05, 0.1) is 5.41 Å². The molecule has 0 aromatic rings. The van der Waals surface area contributed by atoms with Crippen LogP contribution in [-0.4, -0.2) is 35.0 Å². The van der Waals surface area contributed by atoms with Crippen LogP contribution in [0.2, 0.25) is 0 Å². The van der Waals surface area contributed by atoms with E-state index in [4.69, 9.17) is 6.42 Å². The Morgan fingerprint density at radius 2 is 2.00 bits per heavy atom. The fourth-order valence-corrected chi connectivity index (χ4v) is 2.28. The molecule has 16 heavy (non-hydrogen) atoms. The first kappa shape index (κ1) is 12.6. The molecule has 1 N–H and O–H groups in total. The first-order valence-electron chi connectivity index (χ1n) is 5.54. The summed E-state index contributed by atoms with van der Waals surface area (Å²) in [6.45, 7) is 2.88. The second kappa shape index (κ2) is 5.02. The average Bonchev–Trinajstić information content (AvgIpc) is 2.29.